The number of benzene rings is 2. The van der Waals surface area contributed by atoms with Crippen molar-refractivity contribution in [1.29, 1.82) is 0 Å². The number of rotatable bonds is 6. The van der Waals surface area contributed by atoms with Gasteiger partial charge in [-0.2, -0.15) is 0 Å². The first-order chi connectivity index (χ1) is 18.0. The standard InChI is InChI=1S/C29H37N5O4/c1-29(2,3)25(35)18-34-24-15-8-7-14-23(24)33(21-12-5-4-6-13-21)17-22(27(34)37)32-28(38)31-20-11-9-10-19(16-20)26(30)36/h7-11,14-16,21-22H,4-6,12-13,17-18H2,1-3H3,(H2,30,36)(H2,31,32,38)/t22-/m1/s1. The normalized spacial score (nSPS) is 18.4. The molecule has 4 amide bonds. The number of carbonyl (C=O) groups excluding carboxylic acids is 4. The molecule has 2 aromatic rings. The van der Waals surface area contributed by atoms with E-state index in [1.54, 1.807) is 18.2 Å². The van der Waals surface area contributed by atoms with Gasteiger partial charge in [0.1, 0.15) is 6.04 Å². The predicted molar refractivity (Wildman–Crippen MR) is 148 cm³/mol. The number of ketones is 1. The van der Waals surface area contributed by atoms with Crippen LogP contribution >= 0.6 is 0 Å². The summed E-state index contributed by atoms with van der Waals surface area (Å²) in [5.41, 5.74) is 6.95. The Bertz CT molecular complexity index is 1220. The lowest BCUT2D eigenvalue weighted by Crippen LogP contribution is -2.55. The molecule has 4 rings (SSSR count). The highest BCUT2D eigenvalue weighted by Crippen LogP contribution is 2.37. The second-order valence-corrected chi connectivity index (χ2v) is 11.1. The number of urea groups is 1. The minimum Gasteiger partial charge on any atom is -0.366 e. The topological polar surface area (TPSA) is 125 Å². The van der Waals surface area contributed by atoms with Crippen LogP contribution in [0.5, 0.6) is 0 Å². The Kier molecular flexibility index (Phi) is 8.04. The minimum atomic E-state index is -0.892. The van der Waals surface area contributed by atoms with Gasteiger partial charge in [0.05, 0.1) is 17.9 Å². The van der Waals surface area contributed by atoms with E-state index in [0.29, 0.717) is 11.4 Å². The molecule has 0 unspecified atom stereocenters. The maximum Gasteiger partial charge on any atom is 0.319 e. The van der Waals surface area contributed by atoms with Crippen LogP contribution in [0.2, 0.25) is 0 Å². The third-order valence-electron chi connectivity index (χ3n) is 7.29. The zero-order valence-corrected chi connectivity index (χ0v) is 22.3. The number of nitrogens with one attached hydrogen (secondary N) is 2. The lowest BCUT2D eigenvalue weighted by molar-refractivity contribution is -0.127. The molecule has 1 aliphatic carbocycles. The second-order valence-electron chi connectivity index (χ2n) is 11.1. The van der Waals surface area contributed by atoms with Crippen molar-refractivity contribution in [3.63, 3.8) is 0 Å². The van der Waals surface area contributed by atoms with Gasteiger partial charge in [-0.3, -0.25) is 14.4 Å². The zero-order chi connectivity index (χ0) is 27.4. The number of nitrogens with zero attached hydrogens (tertiary/aromatic N) is 2. The summed E-state index contributed by atoms with van der Waals surface area (Å²) in [5, 5.41) is 5.55. The Morgan fingerprint density at radius 2 is 1.66 bits per heavy atom. The molecule has 1 aliphatic heterocycles. The number of primary amides is 1. The summed E-state index contributed by atoms with van der Waals surface area (Å²) in [6.07, 6.45) is 5.41. The summed E-state index contributed by atoms with van der Waals surface area (Å²) in [7, 11) is 0. The first-order valence-corrected chi connectivity index (χ1v) is 13.2. The number of fused-ring (bicyclic) bond motifs is 1. The number of hydrogen-bond acceptors (Lipinski definition) is 5. The molecule has 1 heterocycles. The fourth-order valence-corrected chi connectivity index (χ4v) is 5.08. The van der Waals surface area contributed by atoms with E-state index in [-0.39, 0.29) is 36.4 Å². The zero-order valence-electron chi connectivity index (χ0n) is 22.3. The second kappa shape index (κ2) is 11.2. The lowest BCUT2D eigenvalue weighted by Gasteiger charge is -2.37. The highest BCUT2D eigenvalue weighted by molar-refractivity contribution is 6.08. The van der Waals surface area contributed by atoms with Crippen LogP contribution in [0.3, 0.4) is 0 Å². The third-order valence-corrected chi connectivity index (χ3v) is 7.29. The molecule has 1 fully saturated rings. The Morgan fingerprint density at radius 1 is 0.974 bits per heavy atom. The maximum atomic E-state index is 14.0. The van der Waals surface area contributed by atoms with Crippen molar-refractivity contribution in [1.82, 2.24) is 5.32 Å². The number of Topliss-reactive ketones (excluding diaryl/α,β-unsaturated/α-hetero) is 1. The third kappa shape index (κ3) is 6.15. The first-order valence-electron chi connectivity index (χ1n) is 13.2. The smallest absolute Gasteiger partial charge is 0.319 e. The Labute approximate surface area is 223 Å². The molecule has 0 aromatic heterocycles. The van der Waals surface area contributed by atoms with Gasteiger partial charge in [-0.25, -0.2) is 4.79 Å². The summed E-state index contributed by atoms with van der Waals surface area (Å²) in [5.74, 6) is -1.01. The highest BCUT2D eigenvalue weighted by Gasteiger charge is 2.39. The van der Waals surface area contributed by atoms with Crippen molar-refractivity contribution < 1.29 is 19.2 Å². The monoisotopic (exact) mass is 519 g/mol. The van der Waals surface area contributed by atoms with Crippen LogP contribution in [-0.2, 0) is 9.59 Å². The van der Waals surface area contributed by atoms with Crippen molar-refractivity contribution in [3.8, 4) is 0 Å². The van der Waals surface area contributed by atoms with Crippen molar-refractivity contribution >= 4 is 40.7 Å². The van der Waals surface area contributed by atoms with Crippen LogP contribution in [-0.4, -0.2) is 48.8 Å². The molecule has 0 spiro atoms. The van der Waals surface area contributed by atoms with Crippen LogP contribution < -0.4 is 26.2 Å². The van der Waals surface area contributed by atoms with Crippen LogP contribution in [0.1, 0.15) is 63.2 Å². The molecular weight excluding hydrogens is 482 g/mol. The average Bonchev–Trinajstić information content (AvgIpc) is 2.99. The summed E-state index contributed by atoms with van der Waals surface area (Å²) in [6, 6.07) is 12.7. The minimum absolute atomic E-state index is 0.0711. The van der Waals surface area contributed by atoms with Gasteiger partial charge in [0, 0.05) is 29.3 Å². The molecular formula is C29H37N5O4. The van der Waals surface area contributed by atoms with E-state index >= 15 is 0 Å². The van der Waals surface area contributed by atoms with Crippen LogP contribution in [0, 0.1) is 5.41 Å². The molecule has 0 radical (unpaired) electrons. The van der Waals surface area contributed by atoms with Crippen molar-refractivity contribution in [2.24, 2.45) is 11.1 Å². The van der Waals surface area contributed by atoms with Crippen molar-refractivity contribution in [2.75, 3.05) is 28.2 Å². The number of carbonyl (C=O) groups is 4. The van der Waals surface area contributed by atoms with Gasteiger partial charge < -0.3 is 26.2 Å². The molecule has 4 N–H and O–H groups in total. The van der Waals surface area contributed by atoms with E-state index in [2.05, 4.69) is 15.5 Å². The fourth-order valence-electron chi connectivity index (χ4n) is 5.08. The van der Waals surface area contributed by atoms with E-state index in [9.17, 15) is 19.2 Å². The van der Waals surface area contributed by atoms with E-state index in [4.69, 9.17) is 5.73 Å². The van der Waals surface area contributed by atoms with Crippen molar-refractivity contribution in [3.05, 3.63) is 54.1 Å². The molecule has 38 heavy (non-hydrogen) atoms. The fraction of sp³-hybridized carbons (Fsp3) is 0.448. The van der Waals surface area contributed by atoms with Gasteiger partial charge in [-0.15, -0.1) is 0 Å². The Hall–Kier alpha value is -3.88. The molecule has 9 heteroatoms. The maximum absolute atomic E-state index is 14.0. The van der Waals surface area contributed by atoms with E-state index < -0.39 is 23.4 Å². The van der Waals surface area contributed by atoms with Gasteiger partial charge in [-0.05, 0) is 43.2 Å². The van der Waals surface area contributed by atoms with Crippen LogP contribution in [0.4, 0.5) is 21.9 Å². The van der Waals surface area contributed by atoms with Gasteiger partial charge in [0.2, 0.25) is 5.91 Å². The summed E-state index contributed by atoms with van der Waals surface area (Å²) in [6.45, 7) is 5.71. The molecule has 1 atom stereocenters. The van der Waals surface area contributed by atoms with Gasteiger partial charge in [0.25, 0.3) is 5.91 Å². The summed E-state index contributed by atoms with van der Waals surface area (Å²) in [4.78, 5) is 55.4. The van der Waals surface area contributed by atoms with Gasteiger partial charge in [-0.1, -0.05) is 58.2 Å². The molecule has 9 nitrogen and oxygen atoms in total. The van der Waals surface area contributed by atoms with Gasteiger partial charge >= 0.3 is 6.03 Å². The number of para-hydroxylation sites is 2. The van der Waals surface area contributed by atoms with Crippen LogP contribution in [0.25, 0.3) is 0 Å². The highest BCUT2D eigenvalue weighted by atomic mass is 16.2. The Balaban J connectivity index is 1.65. The quantitative estimate of drug-likeness (QED) is 0.530. The number of anilines is 3. The summed E-state index contributed by atoms with van der Waals surface area (Å²) < 4.78 is 0. The molecule has 1 saturated carbocycles. The van der Waals surface area contributed by atoms with E-state index in [1.165, 1.54) is 17.4 Å². The summed E-state index contributed by atoms with van der Waals surface area (Å²) >= 11 is 0. The molecule has 0 saturated heterocycles. The lowest BCUT2D eigenvalue weighted by atomic mass is 9.90. The van der Waals surface area contributed by atoms with E-state index in [1.807, 2.05) is 45.0 Å². The molecule has 2 aliphatic rings. The first kappa shape index (κ1) is 27.2. The van der Waals surface area contributed by atoms with Crippen molar-refractivity contribution in [2.45, 2.75) is 65.0 Å². The Morgan fingerprint density at radius 3 is 2.32 bits per heavy atom. The van der Waals surface area contributed by atoms with Gasteiger partial charge in [0.15, 0.2) is 5.78 Å². The number of amides is 4. The van der Waals surface area contributed by atoms with E-state index in [0.717, 1.165) is 31.4 Å². The largest absolute Gasteiger partial charge is 0.366 e. The number of hydrogen-bond donors (Lipinski definition) is 3. The molecule has 2 aromatic carbocycles. The number of nitrogens with two attached hydrogens (primary N) is 1. The SMILES string of the molecule is CC(C)(C)C(=O)CN1C(=O)[C@H](NC(=O)Nc2cccc(C(N)=O)c2)CN(C2CCCCC2)c2ccccc21. The average molecular weight is 520 g/mol. The van der Waals surface area contributed by atoms with Crippen LogP contribution in [0.15, 0.2) is 48.5 Å². The molecule has 202 valence electrons. The molecule has 0 bridgehead atoms. The predicted octanol–water partition coefficient (Wildman–Crippen LogP) is 4.08.